The Kier molecular flexibility index (Phi) is 10.2. The van der Waals surface area contributed by atoms with Gasteiger partial charge in [-0.15, -0.1) is 0 Å². The average molecular weight is 494 g/mol. The van der Waals surface area contributed by atoms with Crippen LogP contribution >= 0.6 is 11.6 Å². The van der Waals surface area contributed by atoms with E-state index in [-0.39, 0.29) is 12.5 Å². The molecule has 2 aromatic rings. The lowest BCUT2D eigenvalue weighted by Gasteiger charge is -2.32. The molecule has 0 heterocycles. The Hall–Kier alpha value is -2.58. The zero-order chi connectivity index (χ0) is 24.4. The van der Waals surface area contributed by atoms with Gasteiger partial charge in [0.1, 0.15) is 12.6 Å². The molecule has 0 bridgehead atoms. The molecule has 1 atom stereocenters. The normalized spacial score (nSPS) is 12.1. The van der Waals surface area contributed by atoms with Crippen LogP contribution in [-0.2, 0) is 26.0 Å². The van der Waals surface area contributed by atoms with Crippen LogP contribution in [0.3, 0.4) is 0 Å². The zero-order valence-electron chi connectivity index (χ0n) is 19.3. The largest absolute Gasteiger partial charge is 0.354 e. The summed E-state index contributed by atoms with van der Waals surface area (Å²) in [6.07, 6.45) is 2.77. The van der Waals surface area contributed by atoms with Crippen molar-refractivity contribution in [3.8, 4) is 0 Å². The number of carbonyl (C=O) groups excluding carboxylic acids is 2. The Bertz CT molecular complexity index is 1030. The van der Waals surface area contributed by atoms with Crippen molar-refractivity contribution in [1.29, 1.82) is 0 Å². The minimum absolute atomic E-state index is 0.241. The average Bonchev–Trinajstić information content (AvgIpc) is 2.78. The maximum atomic E-state index is 13.5. The minimum atomic E-state index is -3.77. The molecule has 33 heavy (non-hydrogen) atoms. The van der Waals surface area contributed by atoms with Gasteiger partial charge < -0.3 is 10.2 Å². The second-order valence-electron chi connectivity index (χ2n) is 7.79. The highest BCUT2D eigenvalue weighted by atomic mass is 35.5. The number of nitrogens with zero attached hydrogens (tertiary/aromatic N) is 2. The van der Waals surface area contributed by atoms with E-state index in [1.807, 2.05) is 44.2 Å². The van der Waals surface area contributed by atoms with E-state index in [1.54, 1.807) is 18.2 Å². The first-order valence-electron chi connectivity index (χ1n) is 11.0. The molecule has 0 spiro atoms. The van der Waals surface area contributed by atoms with Gasteiger partial charge in [0.15, 0.2) is 0 Å². The third-order valence-electron chi connectivity index (χ3n) is 5.19. The molecule has 2 rings (SSSR count). The minimum Gasteiger partial charge on any atom is -0.354 e. The van der Waals surface area contributed by atoms with Crippen LogP contribution < -0.4 is 9.62 Å². The van der Waals surface area contributed by atoms with E-state index < -0.39 is 28.5 Å². The summed E-state index contributed by atoms with van der Waals surface area (Å²) in [6.45, 7) is 4.16. The summed E-state index contributed by atoms with van der Waals surface area (Å²) in [6, 6.07) is 15.3. The lowest BCUT2D eigenvalue weighted by molar-refractivity contribution is -0.139. The van der Waals surface area contributed by atoms with Crippen molar-refractivity contribution in [3.63, 3.8) is 0 Å². The highest BCUT2D eigenvalue weighted by Gasteiger charge is 2.31. The van der Waals surface area contributed by atoms with Crippen molar-refractivity contribution in [2.45, 2.75) is 39.2 Å². The van der Waals surface area contributed by atoms with Gasteiger partial charge in [-0.2, -0.15) is 0 Å². The molecule has 1 N–H and O–H groups in total. The molecule has 9 heteroatoms. The number of hydrogen-bond donors (Lipinski definition) is 1. The Morgan fingerprint density at radius 1 is 1.06 bits per heavy atom. The second-order valence-corrected chi connectivity index (χ2v) is 10.1. The summed E-state index contributed by atoms with van der Waals surface area (Å²) in [4.78, 5) is 27.8. The van der Waals surface area contributed by atoms with Gasteiger partial charge in [-0.25, -0.2) is 8.42 Å². The van der Waals surface area contributed by atoms with E-state index >= 15 is 0 Å². The second kappa shape index (κ2) is 12.6. The molecule has 2 amide bonds. The van der Waals surface area contributed by atoms with Gasteiger partial charge in [0, 0.05) is 18.1 Å². The molecule has 0 aliphatic rings. The molecule has 1 unspecified atom stereocenters. The number of benzene rings is 2. The van der Waals surface area contributed by atoms with Gasteiger partial charge in [-0.3, -0.25) is 13.9 Å². The van der Waals surface area contributed by atoms with E-state index in [2.05, 4.69) is 5.32 Å². The van der Waals surface area contributed by atoms with Crippen molar-refractivity contribution in [2.75, 3.05) is 30.2 Å². The summed E-state index contributed by atoms with van der Waals surface area (Å²) in [7, 11) is -3.77. The fourth-order valence-electron chi connectivity index (χ4n) is 3.51. The van der Waals surface area contributed by atoms with Crippen molar-refractivity contribution in [3.05, 3.63) is 65.2 Å². The number of nitrogens with one attached hydrogen (secondary N) is 1. The van der Waals surface area contributed by atoms with Gasteiger partial charge in [-0.1, -0.05) is 61.8 Å². The van der Waals surface area contributed by atoms with Crippen molar-refractivity contribution in [1.82, 2.24) is 10.2 Å². The summed E-state index contributed by atoms with van der Waals surface area (Å²) in [5, 5.41) is 3.22. The van der Waals surface area contributed by atoms with Gasteiger partial charge in [0.2, 0.25) is 21.8 Å². The van der Waals surface area contributed by atoms with Gasteiger partial charge in [-0.05, 0) is 43.0 Å². The standard InChI is InChI=1S/C24H32ClN3O4S/c1-4-15-26-24(30)22(5-2)27(16-14-19-10-7-6-8-11-19)23(29)18-28(33(3,31)32)21-13-9-12-20(25)17-21/h6-13,17,22H,4-5,14-16,18H2,1-3H3,(H,26,30). The first kappa shape index (κ1) is 26.7. The fraction of sp³-hybridized carbons (Fsp3) is 0.417. The summed E-state index contributed by atoms with van der Waals surface area (Å²) in [5.74, 6) is -0.691. The Balaban J connectivity index is 2.33. The third-order valence-corrected chi connectivity index (χ3v) is 6.57. The Labute approximate surface area is 201 Å². The predicted octanol–water partition coefficient (Wildman–Crippen LogP) is 3.48. The SMILES string of the molecule is CCCNC(=O)C(CC)N(CCc1ccccc1)C(=O)CN(c1cccc(Cl)c1)S(C)(=O)=O. The third kappa shape index (κ3) is 8.05. The number of rotatable bonds is 12. The molecule has 180 valence electrons. The van der Waals surface area contributed by atoms with E-state index in [1.165, 1.54) is 11.0 Å². The molecular formula is C24H32ClN3O4S. The smallest absolute Gasteiger partial charge is 0.244 e. The highest BCUT2D eigenvalue weighted by molar-refractivity contribution is 7.92. The number of halogens is 1. The van der Waals surface area contributed by atoms with Crippen LogP contribution in [0, 0.1) is 0 Å². The first-order valence-corrected chi connectivity index (χ1v) is 13.2. The van der Waals surface area contributed by atoms with E-state index in [0.717, 1.165) is 22.5 Å². The molecule has 2 aromatic carbocycles. The maximum Gasteiger partial charge on any atom is 0.244 e. The van der Waals surface area contributed by atoms with Crippen LogP contribution in [0.5, 0.6) is 0 Å². The molecule has 0 aliphatic carbocycles. The van der Waals surface area contributed by atoms with E-state index in [4.69, 9.17) is 11.6 Å². The van der Waals surface area contributed by atoms with Crippen LogP contribution in [0.2, 0.25) is 5.02 Å². The highest BCUT2D eigenvalue weighted by Crippen LogP contribution is 2.22. The molecule has 0 fully saturated rings. The van der Waals surface area contributed by atoms with Crippen molar-refractivity contribution < 1.29 is 18.0 Å². The molecular weight excluding hydrogens is 462 g/mol. The number of carbonyl (C=O) groups is 2. The zero-order valence-corrected chi connectivity index (χ0v) is 20.9. The lowest BCUT2D eigenvalue weighted by Crippen LogP contribution is -2.53. The summed E-state index contributed by atoms with van der Waals surface area (Å²) in [5.41, 5.74) is 1.32. The summed E-state index contributed by atoms with van der Waals surface area (Å²) >= 11 is 6.05. The van der Waals surface area contributed by atoms with E-state index in [0.29, 0.717) is 30.1 Å². The molecule has 0 saturated heterocycles. The van der Waals surface area contributed by atoms with Crippen molar-refractivity contribution >= 4 is 39.1 Å². The molecule has 0 aliphatic heterocycles. The van der Waals surface area contributed by atoms with Crippen LogP contribution in [0.15, 0.2) is 54.6 Å². The lowest BCUT2D eigenvalue weighted by atomic mass is 10.1. The molecule has 0 aromatic heterocycles. The summed E-state index contributed by atoms with van der Waals surface area (Å²) < 4.78 is 26.1. The Morgan fingerprint density at radius 3 is 2.33 bits per heavy atom. The van der Waals surface area contributed by atoms with Gasteiger partial charge in [0.05, 0.1) is 11.9 Å². The van der Waals surface area contributed by atoms with Crippen LogP contribution in [0.4, 0.5) is 5.69 Å². The Morgan fingerprint density at radius 2 is 1.76 bits per heavy atom. The number of amides is 2. The number of sulfonamides is 1. The monoisotopic (exact) mass is 493 g/mol. The number of anilines is 1. The molecule has 0 saturated carbocycles. The van der Waals surface area contributed by atoms with Crippen LogP contribution in [-0.4, -0.2) is 57.1 Å². The quantitative estimate of drug-likeness (QED) is 0.490. The molecule has 0 radical (unpaired) electrons. The topological polar surface area (TPSA) is 86.8 Å². The van der Waals surface area contributed by atoms with Crippen LogP contribution in [0.25, 0.3) is 0 Å². The van der Waals surface area contributed by atoms with Crippen molar-refractivity contribution in [2.24, 2.45) is 0 Å². The van der Waals surface area contributed by atoms with Gasteiger partial charge >= 0.3 is 0 Å². The fourth-order valence-corrected chi connectivity index (χ4v) is 4.53. The van der Waals surface area contributed by atoms with Gasteiger partial charge in [0.25, 0.3) is 0 Å². The first-order chi connectivity index (χ1) is 15.7. The maximum absolute atomic E-state index is 13.5. The van der Waals surface area contributed by atoms with Crippen LogP contribution in [0.1, 0.15) is 32.3 Å². The van der Waals surface area contributed by atoms with E-state index in [9.17, 15) is 18.0 Å². The molecule has 7 nitrogen and oxygen atoms in total. The number of hydrogen-bond acceptors (Lipinski definition) is 4. The predicted molar refractivity (Wildman–Crippen MR) is 133 cm³/mol.